The van der Waals surface area contributed by atoms with Crippen LogP contribution < -0.4 is 10.5 Å². The van der Waals surface area contributed by atoms with Gasteiger partial charge in [0.2, 0.25) is 0 Å². The van der Waals surface area contributed by atoms with Crippen molar-refractivity contribution in [3.8, 4) is 5.75 Å². The van der Waals surface area contributed by atoms with Crippen LogP contribution in [0.3, 0.4) is 0 Å². The smallest absolute Gasteiger partial charge is 0.138 e. The average Bonchev–Trinajstić information content (AvgIpc) is 2.91. The van der Waals surface area contributed by atoms with Gasteiger partial charge in [0.1, 0.15) is 5.75 Å². The molecule has 0 spiro atoms. The topological polar surface area (TPSA) is 35.2 Å². The number of rotatable bonds is 3. The molecule has 1 aromatic carbocycles. The summed E-state index contributed by atoms with van der Waals surface area (Å²) in [5, 5.41) is 0. The molecule has 2 rings (SSSR count). The van der Waals surface area contributed by atoms with Crippen molar-refractivity contribution in [2.24, 2.45) is 5.73 Å². The minimum Gasteiger partial charge on any atom is -0.489 e. The van der Waals surface area contributed by atoms with Crippen molar-refractivity contribution >= 4 is 15.9 Å². The van der Waals surface area contributed by atoms with Crippen LogP contribution >= 0.6 is 15.9 Å². The monoisotopic (exact) mass is 283 g/mol. The summed E-state index contributed by atoms with van der Waals surface area (Å²) < 4.78 is 6.95. The third-order valence-electron chi connectivity index (χ3n) is 2.69. The normalized spacial score (nSPS) is 16.3. The van der Waals surface area contributed by atoms with Gasteiger partial charge in [-0.1, -0.05) is 6.07 Å². The standard InChI is InChI=1S/C13H18BrNO/c1-8-6-10(13(2,3)15)12(11(14)7-8)16-9-4-5-9/h6-7,9H,4-5,15H2,1-3H3. The Morgan fingerprint density at radius 3 is 2.50 bits per heavy atom. The van der Waals surface area contributed by atoms with Crippen molar-refractivity contribution in [3.63, 3.8) is 0 Å². The van der Waals surface area contributed by atoms with Crippen molar-refractivity contribution in [3.05, 3.63) is 27.7 Å². The van der Waals surface area contributed by atoms with Crippen molar-refractivity contribution in [2.45, 2.75) is 45.3 Å². The molecule has 0 aromatic heterocycles. The second kappa shape index (κ2) is 4.04. The summed E-state index contributed by atoms with van der Waals surface area (Å²) in [7, 11) is 0. The van der Waals surface area contributed by atoms with Gasteiger partial charge in [-0.3, -0.25) is 0 Å². The Morgan fingerprint density at radius 1 is 1.38 bits per heavy atom. The minimum absolute atomic E-state index is 0.376. The van der Waals surface area contributed by atoms with Crippen molar-refractivity contribution in [2.75, 3.05) is 0 Å². The third-order valence-corrected chi connectivity index (χ3v) is 3.28. The second-order valence-electron chi connectivity index (χ2n) is 5.16. The van der Waals surface area contributed by atoms with Gasteiger partial charge < -0.3 is 10.5 Å². The first kappa shape index (κ1) is 11.9. The molecular formula is C13H18BrNO. The predicted octanol–water partition coefficient (Wildman–Crippen LogP) is 3.49. The van der Waals surface area contributed by atoms with Crippen LogP contribution in [-0.2, 0) is 5.54 Å². The number of hydrogen-bond acceptors (Lipinski definition) is 2. The molecule has 2 N–H and O–H groups in total. The van der Waals surface area contributed by atoms with Gasteiger partial charge in [0, 0.05) is 11.1 Å². The van der Waals surface area contributed by atoms with Gasteiger partial charge in [0.05, 0.1) is 10.6 Å². The Kier molecular flexibility index (Phi) is 3.01. The number of aryl methyl sites for hydroxylation is 1. The van der Waals surface area contributed by atoms with Crippen LogP contribution in [0.5, 0.6) is 5.75 Å². The Hall–Kier alpha value is -0.540. The number of nitrogens with two attached hydrogens (primary N) is 1. The maximum Gasteiger partial charge on any atom is 0.138 e. The first-order valence-electron chi connectivity index (χ1n) is 5.64. The van der Waals surface area contributed by atoms with Gasteiger partial charge in [-0.15, -0.1) is 0 Å². The lowest BCUT2D eigenvalue weighted by Crippen LogP contribution is -2.29. The second-order valence-corrected chi connectivity index (χ2v) is 6.02. The lowest BCUT2D eigenvalue weighted by Gasteiger charge is -2.24. The van der Waals surface area contributed by atoms with Gasteiger partial charge in [0.25, 0.3) is 0 Å². The van der Waals surface area contributed by atoms with E-state index in [1.54, 1.807) is 0 Å². The molecule has 0 bridgehead atoms. The highest BCUT2D eigenvalue weighted by molar-refractivity contribution is 9.10. The van der Waals surface area contributed by atoms with E-state index < -0.39 is 0 Å². The SMILES string of the molecule is Cc1cc(Br)c(OC2CC2)c(C(C)(C)N)c1. The zero-order valence-electron chi connectivity index (χ0n) is 10.0. The molecule has 1 aliphatic carbocycles. The van der Waals surface area contributed by atoms with Crippen LogP contribution in [0.4, 0.5) is 0 Å². The fraction of sp³-hybridized carbons (Fsp3) is 0.538. The molecule has 0 unspecified atom stereocenters. The molecule has 2 nitrogen and oxygen atoms in total. The minimum atomic E-state index is -0.376. The van der Waals surface area contributed by atoms with Crippen LogP contribution in [-0.4, -0.2) is 6.10 Å². The van der Waals surface area contributed by atoms with Crippen molar-refractivity contribution in [1.29, 1.82) is 0 Å². The van der Waals surface area contributed by atoms with Crippen LogP contribution in [0.15, 0.2) is 16.6 Å². The third kappa shape index (κ3) is 2.58. The Labute approximate surface area is 105 Å². The lowest BCUT2D eigenvalue weighted by molar-refractivity contribution is 0.292. The van der Waals surface area contributed by atoms with Gasteiger partial charge in [-0.25, -0.2) is 0 Å². The van der Waals surface area contributed by atoms with E-state index >= 15 is 0 Å². The molecule has 16 heavy (non-hydrogen) atoms. The summed E-state index contributed by atoms with van der Waals surface area (Å²) in [6.45, 7) is 6.09. The number of ether oxygens (including phenoxy) is 1. The summed E-state index contributed by atoms with van der Waals surface area (Å²) in [4.78, 5) is 0. The quantitative estimate of drug-likeness (QED) is 0.922. The molecule has 1 saturated carbocycles. The van der Waals surface area contributed by atoms with Gasteiger partial charge in [0.15, 0.2) is 0 Å². The average molecular weight is 284 g/mol. The highest BCUT2D eigenvalue weighted by atomic mass is 79.9. The van der Waals surface area contributed by atoms with E-state index in [-0.39, 0.29) is 5.54 Å². The Balaban J connectivity index is 2.45. The van der Waals surface area contributed by atoms with E-state index in [4.69, 9.17) is 10.5 Å². The molecule has 3 heteroatoms. The highest BCUT2D eigenvalue weighted by Crippen LogP contribution is 2.39. The lowest BCUT2D eigenvalue weighted by atomic mass is 9.93. The molecule has 0 aliphatic heterocycles. The number of benzene rings is 1. The molecular weight excluding hydrogens is 266 g/mol. The van der Waals surface area contributed by atoms with E-state index in [0.29, 0.717) is 6.10 Å². The van der Waals surface area contributed by atoms with Gasteiger partial charge in [-0.05, 0) is 61.2 Å². The fourth-order valence-corrected chi connectivity index (χ4v) is 2.35. The maximum atomic E-state index is 6.19. The van der Waals surface area contributed by atoms with Crippen molar-refractivity contribution in [1.82, 2.24) is 0 Å². The summed E-state index contributed by atoms with van der Waals surface area (Å²) in [5.41, 5.74) is 8.09. The van der Waals surface area contributed by atoms with Gasteiger partial charge >= 0.3 is 0 Å². The van der Waals surface area contributed by atoms with E-state index in [2.05, 4.69) is 35.0 Å². The van der Waals surface area contributed by atoms with Crippen LogP contribution in [0.2, 0.25) is 0 Å². The Bertz CT molecular complexity index is 405. The maximum absolute atomic E-state index is 6.19. The summed E-state index contributed by atoms with van der Waals surface area (Å²) in [5.74, 6) is 0.917. The molecule has 0 radical (unpaired) electrons. The van der Waals surface area contributed by atoms with E-state index in [0.717, 1.165) is 28.6 Å². The molecule has 0 saturated heterocycles. The zero-order chi connectivity index (χ0) is 11.9. The van der Waals surface area contributed by atoms with Gasteiger partial charge in [-0.2, -0.15) is 0 Å². The van der Waals surface area contributed by atoms with E-state index in [1.165, 1.54) is 5.56 Å². The predicted molar refractivity (Wildman–Crippen MR) is 69.7 cm³/mol. The summed E-state index contributed by atoms with van der Waals surface area (Å²) >= 11 is 3.57. The number of hydrogen-bond donors (Lipinski definition) is 1. The van der Waals surface area contributed by atoms with Crippen LogP contribution in [0.1, 0.15) is 37.8 Å². The molecule has 1 aromatic rings. The molecule has 88 valence electrons. The molecule has 0 amide bonds. The zero-order valence-corrected chi connectivity index (χ0v) is 11.6. The molecule has 0 heterocycles. The number of halogens is 1. The Morgan fingerprint density at radius 2 is 2.00 bits per heavy atom. The summed E-state index contributed by atoms with van der Waals surface area (Å²) in [6.07, 6.45) is 2.70. The van der Waals surface area contributed by atoms with Crippen LogP contribution in [0, 0.1) is 6.92 Å². The molecule has 1 aliphatic rings. The first-order valence-corrected chi connectivity index (χ1v) is 6.43. The molecule has 1 fully saturated rings. The molecule has 0 atom stereocenters. The van der Waals surface area contributed by atoms with Crippen molar-refractivity contribution < 1.29 is 4.74 Å². The summed E-state index contributed by atoms with van der Waals surface area (Å²) in [6, 6.07) is 4.19. The fourth-order valence-electron chi connectivity index (χ4n) is 1.68. The van der Waals surface area contributed by atoms with E-state index in [9.17, 15) is 0 Å². The first-order chi connectivity index (χ1) is 7.38. The largest absolute Gasteiger partial charge is 0.489 e. The van der Waals surface area contributed by atoms with Crippen LogP contribution in [0.25, 0.3) is 0 Å². The van der Waals surface area contributed by atoms with E-state index in [1.807, 2.05) is 13.8 Å². The highest BCUT2D eigenvalue weighted by Gasteiger charge is 2.28.